The molecule has 1 aromatic carbocycles. The number of carbonyl (C=O) groups excluding carboxylic acids is 1. The van der Waals surface area contributed by atoms with Crippen molar-refractivity contribution in [3.8, 4) is 10.7 Å². The SMILES string of the molecule is CN(C)[C@H]1CCN(C(=O)c2cnc(-c3noc4cc(N5CCCCC5)ccc34)s2)C1. The van der Waals surface area contributed by atoms with Gasteiger partial charge in [0.2, 0.25) is 0 Å². The molecule has 30 heavy (non-hydrogen) atoms. The van der Waals surface area contributed by atoms with Crippen LogP contribution in [0.3, 0.4) is 0 Å². The van der Waals surface area contributed by atoms with Crippen LogP contribution in [0.25, 0.3) is 21.7 Å². The van der Waals surface area contributed by atoms with Gasteiger partial charge in [0.05, 0.1) is 11.6 Å². The zero-order valence-electron chi connectivity index (χ0n) is 17.5. The zero-order valence-corrected chi connectivity index (χ0v) is 18.3. The van der Waals surface area contributed by atoms with Gasteiger partial charge in [0.25, 0.3) is 5.91 Å². The Morgan fingerprint density at radius 2 is 2.03 bits per heavy atom. The van der Waals surface area contributed by atoms with Gasteiger partial charge in [0, 0.05) is 44.0 Å². The van der Waals surface area contributed by atoms with Crippen LogP contribution in [0.1, 0.15) is 35.4 Å². The predicted octanol–water partition coefficient (Wildman–Crippen LogP) is 3.72. The van der Waals surface area contributed by atoms with Crippen molar-refractivity contribution in [2.24, 2.45) is 0 Å². The predicted molar refractivity (Wildman–Crippen MR) is 119 cm³/mol. The Hall–Kier alpha value is -2.45. The van der Waals surface area contributed by atoms with Crippen LogP contribution in [-0.4, -0.2) is 72.2 Å². The lowest BCUT2D eigenvalue weighted by Gasteiger charge is -2.28. The summed E-state index contributed by atoms with van der Waals surface area (Å²) in [6, 6.07) is 6.70. The number of amides is 1. The lowest BCUT2D eigenvalue weighted by Crippen LogP contribution is -2.34. The molecule has 8 heteroatoms. The fourth-order valence-electron chi connectivity index (χ4n) is 4.42. The van der Waals surface area contributed by atoms with Gasteiger partial charge in [-0.3, -0.25) is 4.79 Å². The van der Waals surface area contributed by atoms with E-state index in [0.29, 0.717) is 16.6 Å². The van der Waals surface area contributed by atoms with E-state index in [0.717, 1.165) is 48.6 Å². The number of likely N-dealkylation sites (N-methyl/N-ethyl adjacent to an activating group) is 1. The third-order valence-corrected chi connectivity index (χ3v) is 7.27. The molecule has 2 aliphatic heterocycles. The van der Waals surface area contributed by atoms with Crippen LogP contribution >= 0.6 is 11.3 Å². The van der Waals surface area contributed by atoms with E-state index in [1.807, 2.05) is 4.90 Å². The highest BCUT2D eigenvalue weighted by atomic mass is 32.1. The number of nitrogens with zero attached hydrogens (tertiary/aromatic N) is 5. The molecule has 0 aliphatic carbocycles. The van der Waals surface area contributed by atoms with E-state index in [1.165, 1.54) is 36.3 Å². The van der Waals surface area contributed by atoms with E-state index in [4.69, 9.17) is 4.52 Å². The van der Waals surface area contributed by atoms with Gasteiger partial charge in [-0.15, -0.1) is 11.3 Å². The Morgan fingerprint density at radius 1 is 1.20 bits per heavy atom. The molecule has 158 valence electrons. The Morgan fingerprint density at radius 3 is 2.80 bits per heavy atom. The highest BCUT2D eigenvalue weighted by Crippen LogP contribution is 2.34. The summed E-state index contributed by atoms with van der Waals surface area (Å²) in [6.07, 6.45) is 6.47. The van der Waals surface area contributed by atoms with E-state index in [2.05, 4.69) is 52.2 Å². The summed E-state index contributed by atoms with van der Waals surface area (Å²) in [5.74, 6) is 0.0586. The fourth-order valence-corrected chi connectivity index (χ4v) is 5.29. The first-order chi connectivity index (χ1) is 14.6. The topological polar surface area (TPSA) is 65.7 Å². The molecule has 0 unspecified atom stereocenters. The molecule has 2 aromatic heterocycles. The van der Waals surface area contributed by atoms with Crippen LogP contribution < -0.4 is 4.90 Å². The molecule has 0 saturated carbocycles. The highest BCUT2D eigenvalue weighted by Gasteiger charge is 2.29. The molecule has 7 nitrogen and oxygen atoms in total. The Labute approximate surface area is 180 Å². The summed E-state index contributed by atoms with van der Waals surface area (Å²) in [7, 11) is 4.13. The van der Waals surface area contributed by atoms with Gasteiger partial charge in [-0.1, -0.05) is 5.16 Å². The van der Waals surface area contributed by atoms with Crippen LogP contribution in [-0.2, 0) is 0 Å². The summed E-state index contributed by atoms with van der Waals surface area (Å²) in [5, 5.41) is 5.95. The minimum absolute atomic E-state index is 0.0586. The molecule has 0 N–H and O–H groups in total. The number of piperidine rings is 1. The molecular weight excluding hydrogens is 398 g/mol. The summed E-state index contributed by atoms with van der Waals surface area (Å²) in [5.41, 5.74) is 2.67. The van der Waals surface area contributed by atoms with Crippen molar-refractivity contribution in [3.05, 3.63) is 29.3 Å². The molecule has 0 radical (unpaired) electrons. The second kappa shape index (κ2) is 8.00. The monoisotopic (exact) mass is 425 g/mol. The van der Waals surface area contributed by atoms with Gasteiger partial charge in [0.15, 0.2) is 5.58 Å². The molecule has 4 heterocycles. The zero-order chi connectivity index (χ0) is 20.7. The Bertz CT molecular complexity index is 1050. The summed E-state index contributed by atoms with van der Waals surface area (Å²) in [4.78, 5) is 24.6. The van der Waals surface area contributed by atoms with Crippen molar-refractivity contribution in [2.45, 2.75) is 31.7 Å². The van der Waals surface area contributed by atoms with Crippen molar-refractivity contribution in [1.29, 1.82) is 0 Å². The number of benzene rings is 1. The van der Waals surface area contributed by atoms with Crippen LogP contribution in [0.4, 0.5) is 5.69 Å². The smallest absolute Gasteiger partial charge is 0.265 e. The van der Waals surface area contributed by atoms with Gasteiger partial charge in [-0.2, -0.15) is 0 Å². The average Bonchev–Trinajstić information content (AvgIpc) is 3.52. The van der Waals surface area contributed by atoms with Crippen LogP contribution in [0, 0.1) is 0 Å². The quantitative estimate of drug-likeness (QED) is 0.635. The number of hydrogen-bond donors (Lipinski definition) is 0. The summed E-state index contributed by atoms with van der Waals surface area (Å²) in [6.45, 7) is 3.75. The number of rotatable bonds is 4. The second-order valence-electron chi connectivity index (χ2n) is 8.45. The Balaban J connectivity index is 1.36. The number of fused-ring (bicyclic) bond motifs is 1. The van der Waals surface area contributed by atoms with E-state index in [9.17, 15) is 4.79 Å². The Kier molecular flexibility index (Phi) is 5.20. The fraction of sp³-hybridized carbons (Fsp3) is 0.500. The maximum Gasteiger partial charge on any atom is 0.265 e. The number of hydrogen-bond acceptors (Lipinski definition) is 7. The largest absolute Gasteiger partial charge is 0.371 e. The van der Waals surface area contributed by atoms with Crippen molar-refractivity contribution in [2.75, 3.05) is 45.2 Å². The minimum Gasteiger partial charge on any atom is -0.371 e. The van der Waals surface area contributed by atoms with Gasteiger partial charge in [-0.25, -0.2) is 4.98 Å². The number of carbonyl (C=O) groups is 1. The third-order valence-electron chi connectivity index (χ3n) is 6.28. The standard InChI is InChI=1S/C22H27N5O2S/c1-25(2)16-8-11-27(14-16)22(28)19-13-23-21(30-19)20-17-7-6-15(12-18(17)29-24-20)26-9-4-3-5-10-26/h6-7,12-13,16H,3-5,8-11,14H2,1-2H3/t16-/m0/s1. The summed E-state index contributed by atoms with van der Waals surface area (Å²) >= 11 is 1.39. The molecule has 1 atom stereocenters. The first-order valence-electron chi connectivity index (χ1n) is 10.7. The van der Waals surface area contributed by atoms with Crippen molar-refractivity contribution in [1.82, 2.24) is 19.9 Å². The van der Waals surface area contributed by atoms with Gasteiger partial charge in [-0.05, 0) is 51.9 Å². The van der Waals surface area contributed by atoms with E-state index < -0.39 is 0 Å². The van der Waals surface area contributed by atoms with Crippen molar-refractivity contribution < 1.29 is 9.32 Å². The maximum absolute atomic E-state index is 12.9. The molecule has 3 aromatic rings. The molecular formula is C22H27N5O2S. The number of likely N-dealkylation sites (tertiary alicyclic amines) is 1. The molecule has 2 saturated heterocycles. The van der Waals surface area contributed by atoms with Crippen LogP contribution in [0.5, 0.6) is 0 Å². The van der Waals surface area contributed by atoms with Gasteiger partial charge >= 0.3 is 0 Å². The second-order valence-corrected chi connectivity index (χ2v) is 9.48. The first-order valence-corrected chi connectivity index (χ1v) is 11.5. The van der Waals surface area contributed by atoms with E-state index in [-0.39, 0.29) is 5.91 Å². The molecule has 2 aliphatic rings. The van der Waals surface area contributed by atoms with Crippen LogP contribution in [0.2, 0.25) is 0 Å². The maximum atomic E-state index is 12.9. The van der Waals surface area contributed by atoms with Crippen molar-refractivity contribution >= 4 is 33.9 Å². The number of aromatic nitrogens is 2. The first kappa shape index (κ1) is 19.5. The minimum atomic E-state index is 0.0586. The highest BCUT2D eigenvalue weighted by molar-refractivity contribution is 7.17. The molecule has 0 bridgehead atoms. The third kappa shape index (κ3) is 3.58. The van der Waals surface area contributed by atoms with Gasteiger partial charge in [0.1, 0.15) is 15.6 Å². The average molecular weight is 426 g/mol. The van der Waals surface area contributed by atoms with Crippen LogP contribution in [0.15, 0.2) is 28.9 Å². The molecule has 1 amide bonds. The van der Waals surface area contributed by atoms with E-state index in [1.54, 1.807) is 6.20 Å². The molecule has 2 fully saturated rings. The van der Waals surface area contributed by atoms with Crippen molar-refractivity contribution in [3.63, 3.8) is 0 Å². The number of anilines is 1. The summed E-state index contributed by atoms with van der Waals surface area (Å²) < 4.78 is 5.63. The molecule has 0 spiro atoms. The van der Waals surface area contributed by atoms with E-state index >= 15 is 0 Å². The normalized spacial score (nSPS) is 19.9. The van der Waals surface area contributed by atoms with Gasteiger partial charge < -0.3 is 19.2 Å². The number of thiazole rings is 1. The lowest BCUT2D eigenvalue weighted by atomic mass is 10.1. The molecule has 5 rings (SSSR count). The lowest BCUT2D eigenvalue weighted by molar-refractivity contribution is 0.0787.